The summed E-state index contributed by atoms with van der Waals surface area (Å²) in [5, 5.41) is 3.42. The largest absolute Gasteiger partial charge is 0.380 e. The first-order valence-electron chi connectivity index (χ1n) is 6.90. The van der Waals surface area contributed by atoms with Crippen molar-refractivity contribution in [1.29, 1.82) is 0 Å². The van der Waals surface area contributed by atoms with Gasteiger partial charge in [-0.3, -0.25) is 0 Å². The van der Waals surface area contributed by atoms with E-state index in [0.717, 1.165) is 33.4 Å². The van der Waals surface area contributed by atoms with Crippen LogP contribution in [0.25, 0.3) is 11.0 Å². The second-order valence-corrected chi connectivity index (χ2v) is 7.93. The van der Waals surface area contributed by atoms with Gasteiger partial charge in [0, 0.05) is 22.5 Å². The number of hydrogen-bond donors (Lipinski definition) is 2. The first-order chi connectivity index (χ1) is 9.91. The lowest BCUT2D eigenvalue weighted by Crippen LogP contribution is -2.12. The fourth-order valence-electron chi connectivity index (χ4n) is 2.11. The molecule has 3 aromatic rings. The molecule has 2 aromatic heterocycles. The molecule has 0 aliphatic rings. The smallest absolute Gasteiger partial charge is 0.112 e. The van der Waals surface area contributed by atoms with Crippen LogP contribution in [0, 0.1) is 0 Å². The Balaban J connectivity index is 1.80. The monoisotopic (exact) mass is 319 g/mol. The lowest BCUT2D eigenvalue weighted by atomic mass is 9.96. The maximum absolute atomic E-state index is 5.94. The number of H-pyrrole nitrogens is 1. The third-order valence-electron chi connectivity index (χ3n) is 3.29. The molecule has 5 heteroatoms. The van der Waals surface area contributed by atoms with Crippen molar-refractivity contribution < 1.29 is 0 Å². The van der Waals surface area contributed by atoms with E-state index in [-0.39, 0.29) is 5.41 Å². The van der Waals surface area contributed by atoms with Crippen LogP contribution in [0.5, 0.6) is 0 Å². The molecule has 0 amide bonds. The molecule has 2 heterocycles. The van der Waals surface area contributed by atoms with Crippen molar-refractivity contribution in [3.63, 3.8) is 0 Å². The molecule has 0 bridgehead atoms. The molecular formula is C16H18ClN3S. The molecule has 0 atom stereocenters. The molecule has 0 saturated carbocycles. The van der Waals surface area contributed by atoms with Crippen molar-refractivity contribution in [2.75, 3.05) is 5.32 Å². The zero-order valence-electron chi connectivity index (χ0n) is 12.3. The number of hydrogen-bond acceptors (Lipinski definition) is 3. The molecule has 2 N–H and O–H groups in total. The number of nitrogens with one attached hydrogen (secondary N) is 2. The summed E-state index contributed by atoms with van der Waals surface area (Å²) in [4.78, 5) is 9.28. The minimum absolute atomic E-state index is 0.0281. The number of anilines is 1. The number of aromatic nitrogens is 2. The van der Waals surface area contributed by atoms with Gasteiger partial charge in [0.2, 0.25) is 0 Å². The van der Waals surface area contributed by atoms with Crippen LogP contribution in [0.3, 0.4) is 0 Å². The standard InChI is InChI=1S/C16H18ClN3S/c1-16(2,3)15-19-12-6-4-10(8-13(12)20-15)18-9-11-5-7-14(17)21-11/h4-8,18H,9H2,1-3H3,(H,19,20). The van der Waals surface area contributed by atoms with Crippen molar-refractivity contribution >= 4 is 39.7 Å². The van der Waals surface area contributed by atoms with Gasteiger partial charge in [-0.15, -0.1) is 11.3 Å². The molecular weight excluding hydrogens is 302 g/mol. The van der Waals surface area contributed by atoms with Crippen molar-refractivity contribution in [3.8, 4) is 0 Å². The van der Waals surface area contributed by atoms with Gasteiger partial charge in [-0.25, -0.2) is 4.98 Å². The van der Waals surface area contributed by atoms with Crippen LogP contribution in [0.4, 0.5) is 5.69 Å². The Morgan fingerprint density at radius 1 is 1.24 bits per heavy atom. The van der Waals surface area contributed by atoms with Crippen LogP contribution >= 0.6 is 22.9 Å². The summed E-state index contributed by atoms with van der Waals surface area (Å²) < 4.78 is 0.825. The van der Waals surface area contributed by atoms with Gasteiger partial charge < -0.3 is 10.3 Å². The Kier molecular flexibility index (Phi) is 3.68. The molecule has 1 aromatic carbocycles. The number of aromatic amines is 1. The Bertz CT molecular complexity index is 767. The van der Waals surface area contributed by atoms with Gasteiger partial charge in [-0.2, -0.15) is 0 Å². The summed E-state index contributed by atoms with van der Waals surface area (Å²) in [6.07, 6.45) is 0. The maximum Gasteiger partial charge on any atom is 0.112 e. The van der Waals surface area contributed by atoms with Crippen LogP contribution in [-0.2, 0) is 12.0 Å². The third kappa shape index (κ3) is 3.22. The molecule has 0 fully saturated rings. The van der Waals surface area contributed by atoms with Gasteiger partial charge in [0.1, 0.15) is 5.82 Å². The molecule has 0 unspecified atom stereocenters. The molecule has 0 saturated heterocycles. The summed E-state index contributed by atoms with van der Waals surface area (Å²) in [5.41, 5.74) is 3.18. The molecule has 3 rings (SSSR count). The van der Waals surface area contributed by atoms with Crippen molar-refractivity contribution in [3.05, 3.63) is 45.4 Å². The number of imidazole rings is 1. The number of halogens is 1. The Labute approximate surface area is 133 Å². The van der Waals surface area contributed by atoms with Gasteiger partial charge in [0.25, 0.3) is 0 Å². The van der Waals surface area contributed by atoms with Crippen molar-refractivity contribution in [2.45, 2.75) is 32.7 Å². The summed E-state index contributed by atoms with van der Waals surface area (Å²) >= 11 is 7.54. The van der Waals surface area contributed by atoms with Gasteiger partial charge >= 0.3 is 0 Å². The van der Waals surface area contributed by atoms with E-state index < -0.39 is 0 Å². The Hall–Kier alpha value is -1.52. The van der Waals surface area contributed by atoms with E-state index in [1.165, 1.54) is 4.88 Å². The van der Waals surface area contributed by atoms with Crippen molar-refractivity contribution in [2.24, 2.45) is 0 Å². The van der Waals surface area contributed by atoms with E-state index in [9.17, 15) is 0 Å². The van der Waals surface area contributed by atoms with Crippen LogP contribution in [-0.4, -0.2) is 9.97 Å². The highest BCUT2D eigenvalue weighted by Gasteiger charge is 2.18. The SMILES string of the molecule is CC(C)(C)c1nc2ccc(NCc3ccc(Cl)s3)cc2[nH]1. The summed E-state index contributed by atoms with van der Waals surface area (Å²) in [6, 6.07) is 10.2. The second-order valence-electron chi connectivity index (χ2n) is 6.13. The quantitative estimate of drug-likeness (QED) is 0.697. The van der Waals surface area contributed by atoms with E-state index in [4.69, 9.17) is 11.6 Å². The van der Waals surface area contributed by atoms with E-state index in [0.29, 0.717) is 0 Å². The van der Waals surface area contributed by atoms with Gasteiger partial charge in [0.15, 0.2) is 0 Å². The van der Waals surface area contributed by atoms with Gasteiger partial charge in [-0.05, 0) is 30.3 Å². The summed E-state index contributed by atoms with van der Waals surface area (Å²) in [7, 11) is 0. The van der Waals surface area contributed by atoms with E-state index >= 15 is 0 Å². The first kappa shape index (κ1) is 14.4. The second kappa shape index (κ2) is 5.35. The molecule has 0 aliphatic carbocycles. The minimum atomic E-state index is 0.0281. The predicted molar refractivity (Wildman–Crippen MR) is 91.4 cm³/mol. The third-order valence-corrected chi connectivity index (χ3v) is 4.52. The van der Waals surface area contributed by atoms with Gasteiger partial charge in [-0.1, -0.05) is 32.4 Å². The number of thiophene rings is 1. The fourth-order valence-corrected chi connectivity index (χ4v) is 3.14. The molecule has 21 heavy (non-hydrogen) atoms. The zero-order chi connectivity index (χ0) is 15.0. The average Bonchev–Trinajstić information content (AvgIpc) is 3.01. The zero-order valence-corrected chi connectivity index (χ0v) is 13.9. The lowest BCUT2D eigenvalue weighted by molar-refractivity contribution is 0.554. The maximum atomic E-state index is 5.94. The summed E-state index contributed by atoms with van der Waals surface area (Å²) in [6.45, 7) is 7.25. The van der Waals surface area contributed by atoms with Crippen LogP contribution < -0.4 is 5.32 Å². The highest BCUT2D eigenvalue weighted by molar-refractivity contribution is 7.16. The molecule has 3 nitrogen and oxygen atoms in total. The molecule has 110 valence electrons. The average molecular weight is 320 g/mol. The number of benzene rings is 1. The number of rotatable bonds is 3. The Morgan fingerprint density at radius 3 is 2.71 bits per heavy atom. The normalized spacial score (nSPS) is 12.0. The minimum Gasteiger partial charge on any atom is -0.380 e. The molecule has 0 spiro atoms. The summed E-state index contributed by atoms with van der Waals surface area (Å²) in [5.74, 6) is 1.01. The Morgan fingerprint density at radius 2 is 2.05 bits per heavy atom. The lowest BCUT2D eigenvalue weighted by Gasteiger charge is -2.13. The molecule has 0 radical (unpaired) electrons. The van der Waals surface area contributed by atoms with Crippen LogP contribution in [0.1, 0.15) is 31.5 Å². The molecule has 0 aliphatic heterocycles. The highest BCUT2D eigenvalue weighted by Crippen LogP contribution is 2.25. The topological polar surface area (TPSA) is 40.7 Å². The van der Waals surface area contributed by atoms with Crippen molar-refractivity contribution in [1.82, 2.24) is 9.97 Å². The van der Waals surface area contributed by atoms with E-state index in [1.807, 2.05) is 18.2 Å². The number of fused-ring (bicyclic) bond motifs is 1. The number of nitrogens with zero attached hydrogens (tertiary/aromatic N) is 1. The fraction of sp³-hybridized carbons (Fsp3) is 0.312. The van der Waals surface area contributed by atoms with E-state index in [2.05, 4.69) is 48.2 Å². The predicted octanol–water partition coefficient (Wildman–Crippen LogP) is 5.19. The van der Waals surface area contributed by atoms with Crippen LogP contribution in [0.15, 0.2) is 30.3 Å². The highest BCUT2D eigenvalue weighted by atomic mass is 35.5. The van der Waals surface area contributed by atoms with E-state index in [1.54, 1.807) is 11.3 Å². The van der Waals surface area contributed by atoms with Gasteiger partial charge in [0.05, 0.1) is 15.4 Å². The van der Waals surface area contributed by atoms with Crippen LogP contribution in [0.2, 0.25) is 4.34 Å². The first-order valence-corrected chi connectivity index (χ1v) is 8.09.